The normalized spacial score (nSPS) is 10.6. The lowest BCUT2D eigenvalue weighted by Crippen LogP contribution is -2.08. The SMILES string of the molecule is CCOC(=O)c1cc2ccccc2nc1-c1ccc(S)cc1. The van der Waals surface area contributed by atoms with Crippen LogP contribution in [0, 0.1) is 0 Å². The van der Waals surface area contributed by atoms with Crippen molar-refractivity contribution in [1.82, 2.24) is 4.98 Å². The Morgan fingerprint density at radius 2 is 1.86 bits per heavy atom. The van der Waals surface area contributed by atoms with Gasteiger partial charge in [-0.25, -0.2) is 9.78 Å². The molecule has 0 aliphatic carbocycles. The third kappa shape index (κ3) is 2.83. The Labute approximate surface area is 134 Å². The van der Waals surface area contributed by atoms with E-state index < -0.39 is 0 Å². The summed E-state index contributed by atoms with van der Waals surface area (Å²) in [4.78, 5) is 17.8. The van der Waals surface area contributed by atoms with E-state index in [-0.39, 0.29) is 5.97 Å². The van der Waals surface area contributed by atoms with Crippen LogP contribution >= 0.6 is 12.6 Å². The summed E-state index contributed by atoms with van der Waals surface area (Å²) in [5, 5.41) is 0.917. The number of carbonyl (C=O) groups is 1. The minimum absolute atomic E-state index is 0.334. The molecule has 0 spiro atoms. The summed E-state index contributed by atoms with van der Waals surface area (Å²) >= 11 is 4.29. The number of para-hydroxylation sites is 1. The standard InChI is InChI=1S/C18H15NO2S/c1-2-21-18(20)15-11-13-5-3-4-6-16(13)19-17(15)12-7-9-14(22)10-8-12/h3-11,22H,2H2,1H3. The molecule has 3 rings (SSSR count). The van der Waals surface area contributed by atoms with Crippen LogP contribution < -0.4 is 0 Å². The fraction of sp³-hybridized carbons (Fsp3) is 0.111. The summed E-state index contributed by atoms with van der Waals surface area (Å²) in [6, 6.07) is 17.1. The zero-order chi connectivity index (χ0) is 15.5. The predicted octanol–water partition coefficient (Wildman–Crippen LogP) is 4.37. The zero-order valence-electron chi connectivity index (χ0n) is 12.1. The zero-order valence-corrected chi connectivity index (χ0v) is 13.0. The van der Waals surface area contributed by atoms with Gasteiger partial charge in [0.1, 0.15) is 0 Å². The molecule has 2 aromatic carbocycles. The van der Waals surface area contributed by atoms with Crippen LogP contribution in [0.1, 0.15) is 17.3 Å². The van der Waals surface area contributed by atoms with Gasteiger partial charge >= 0.3 is 5.97 Å². The van der Waals surface area contributed by atoms with Gasteiger partial charge in [0.05, 0.1) is 23.4 Å². The molecule has 0 saturated carbocycles. The Morgan fingerprint density at radius 1 is 1.14 bits per heavy atom. The smallest absolute Gasteiger partial charge is 0.340 e. The summed E-state index contributed by atoms with van der Waals surface area (Å²) in [6.45, 7) is 2.13. The highest BCUT2D eigenvalue weighted by atomic mass is 32.1. The van der Waals surface area contributed by atoms with E-state index in [9.17, 15) is 4.79 Å². The van der Waals surface area contributed by atoms with Gasteiger partial charge in [0, 0.05) is 15.8 Å². The second kappa shape index (κ2) is 6.20. The number of hydrogen-bond acceptors (Lipinski definition) is 4. The van der Waals surface area contributed by atoms with E-state index in [1.807, 2.05) is 54.6 Å². The Kier molecular flexibility index (Phi) is 4.11. The molecule has 0 saturated heterocycles. The van der Waals surface area contributed by atoms with Crippen LogP contribution in [-0.2, 0) is 4.74 Å². The molecule has 3 aromatic rings. The van der Waals surface area contributed by atoms with E-state index in [2.05, 4.69) is 17.6 Å². The van der Waals surface area contributed by atoms with E-state index in [0.29, 0.717) is 17.9 Å². The number of nitrogens with zero attached hydrogens (tertiary/aromatic N) is 1. The van der Waals surface area contributed by atoms with Gasteiger partial charge in [0.25, 0.3) is 0 Å². The largest absolute Gasteiger partial charge is 0.462 e. The molecule has 3 nitrogen and oxygen atoms in total. The maximum Gasteiger partial charge on any atom is 0.340 e. The van der Waals surface area contributed by atoms with E-state index in [1.54, 1.807) is 6.92 Å². The van der Waals surface area contributed by atoms with Crippen molar-refractivity contribution in [3.8, 4) is 11.3 Å². The molecule has 0 aliphatic heterocycles. The maximum atomic E-state index is 12.3. The Balaban J connectivity index is 2.22. The number of carbonyl (C=O) groups excluding carboxylic acids is 1. The molecular formula is C18H15NO2S. The molecule has 0 aliphatic rings. The van der Waals surface area contributed by atoms with Crippen molar-refractivity contribution >= 4 is 29.5 Å². The Hall–Kier alpha value is -2.33. The molecule has 0 radical (unpaired) electrons. The van der Waals surface area contributed by atoms with Crippen LogP contribution in [0.4, 0.5) is 0 Å². The van der Waals surface area contributed by atoms with Crippen molar-refractivity contribution in [2.45, 2.75) is 11.8 Å². The Bertz CT molecular complexity index is 828. The summed E-state index contributed by atoms with van der Waals surface area (Å²) in [6.07, 6.45) is 0. The molecule has 0 amide bonds. The van der Waals surface area contributed by atoms with Gasteiger partial charge in [-0.1, -0.05) is 30.3 Å². The fourth-order valence-electron chi connectivity index (χ4n) is 2.32. The van der Waals surface area contributed by atoms with Crippen LogP contribution in [-0.4, -0.2) is 17.6 Å². The van der Waals surface area contributed by atoms with Gasteiger partial charge in [0.15, 0.2) is 0 Å². The van der Waals surface area contributed by atoms with Gasteiger partial charge in [-0.2, -0.15) is 0 Å². The summed E-state index contributed by atoms with van der Waals surface area (Å²) in [5.41, 5.74) is 2.82. The number of thiol groups is 1. The molecular weight excluding hydrogens is 294 g/mol. The van der Waals surface area contributed by atoms with Crippen molar-refractivity contribution in [2.24, 2.45) is 0 Å². The number of benzene rings is 2. The number of pyridine rings is 1. The maximum absolute atomic E-state index is 12.3. The summed E-state index contributed by atoms with van der Waals surface area (Å²) < 4.78 is 5.17. The summed E-state index contributed by atoms with van der Waals surface area (Å²) in [5.74, 6) is -0.356. The van der Waals surface area contributed by atoms with Crippen LogP contribution in [0.15, 0.2) is 59.5 Å². The van der Waals surface area contributed by atoms with Gasteiger partial charge in [0.2, 0.25) is 0 Å². The predicted molar refractivity (Wildman–Crippen MR) is 90.4 cm³/mol. The van der Waals surface area contributed by atoms with Gasteiger partial charge < -0.3 is 4.74 Å². The molecule has 0 N–H and O–H groups in total. The molecule has 0 fully saturated rings. The molecule has 4 heteroatoms. The molecule has 22 heavy (non-hydrogen) atoms. The van der Waals surface area contributed by atoms with Gasteiger partial charge in [-0.3, -0.25) is 0 Å². The minimum atomic E-state index is -0.356. The number of fused-ring (bicyclic) bond motifs is 1. The molecule has 1 aromatic heterocycles. The fourth-order valence-corrected chi connectivity index (χ4v) is 2.47. The van der Waals surface area contributed by atoms with Crippen LogP contribution in [0.5, 0.6) is 0 Å². The number of aromatic nitrogens is 1. The first-order valence-electron chi connectivity index (χ1n) is 7.05. The second-order valence-corrected chi connectivity index (χ2v) is 5.36. The van der Waals surface area contributed by atoms with Gasteiger partial charge in [-0.05, 0) is 31.2 Å². The van der Waals surface area contributed by atoms with E-state index >= 15 is 0 Å². The summed E-state index contributed by atoms with van der Waals surface area (Å²) in [7, 11) is 0. The number of esters is 1. The highest BCUT2D eigenvalue weighted by Crippen LogP contribution is 2.27. The van der Waals surface area contributed by atoms with Crippen LogP contribution in [0.3, 0.4) is 0 Å². The first kappa shape index (κ1) is 14.6. The van der Waals surface area contributed by atoms with Crippen molar-refractivity contribution in [3.63, 3.8) is 0 Å². The van der Waals surface area contributed by atoms with Crippen LogP contribution in [0.2, 0.25) is 0 Å². The first-order valence-corrected chi connectivity index (χ1v) is 7.50. The lowest BCUT2D eigenvalue weighted by Gasteiger charge is -2.10. The molecule has 0 atom stereocenters. The number of hydrogen-bond donors (Lipinski definition) is 1. The molecule has 110 valence electrons. The number of ether oxygens (including phenoxy) is 1. The minimum Gasteiger partial charge on any atom is -0.462 e. The van der Waals surface area contributed by atoms with Gasteiger partial charge in [-0.15, -0.1) is 12.6 Å². The molecule has 1 heterocycles. The topological polar surface area (TPSA) is 39.2 Å². The molecule has 0 unspecified atom stereocenters. The average molecular weight is 309 g/mol. The monoisotopic (exact) mass is 309 g/mol. The van der Waals surface area contributed by atoms with E-state index in [0.717, 1.165) is 21.4 Å². The third-order valence-corrected chi connectivity index (χ3v) is 3.66. The van der Waals surface area contributed by atoms with Crippen molar-refractivity contribution in [3.05, 3.63) is 60.2 Å². The van der Waals surface area contributed by atoms with Crippen molar-refractivity contribution in [2.75, 3.05) is 6.61 Å². The lowest BCUT2D eigenvalue weighted by molar-refractivity contribution is 0.0527. The first-order chi connectivity index (χ1) is 10.7. The highest BCUT2D eigenvalue weighted by molar-refractivity contribution is 7.80. The Morgan fingerprint density at radius 3 is 2.59 bits per heavy atom. The molecule has 0 bridgehead atoms. The van der Waals surface area contributed by atoms with Crippen molar-refractivity contribution in [1.29, 1.82) is 0 Å². The number of rotatable bonds is 3. The average Bonchev–Trinajstić information content (AvgIpc) is 2.54. The van der Waals surface area contributed by atoms with Crippen LogP contribution in [0.25, 0.3) is 22.2 Å². The van der Waals surface area contributed by atoms with Crippen molar-refractivity contribution < 1.29 is 9.53 Å². The van der Waals surface area contributed by atoms with E-state index in [1.165, 1.54) is 0 Å². The lowest BCUT2D eigenvalue weighted by atomic mass is 10.0. The second-order valence-electron chi connectivity index (χ2n) is 4.84. The third-order valence-electron chi connectivity index (χ3n) is 3.36. The van der Waals surface area contributed by atoms with E-state index in [4.69, 9.17) is 4.74 Å². The highest BCUT2D eigenvalue weighted by Gasteiger charge is 2.16. The quantitative estimate of drug-likeness (QED) is 0.577.